The minimum Gasteiger partial charge on any atom is -0.355 e. The van der Waals surface area contributed by atoms with Crippen LogP contribution in [0.25, 0.3) is 0 Å². The van der Waals surface area contributed by atoms with Gasteiger partial charge in [-0.2, -0.15) is 4.31 Å². The summed E-state index contributed by atoms with van der Waals surface area (Å²) in [5.41, 5.74) is 0. The first kappa shape index (κ1) is 20.8. The Kier molecular flexibility index (Phi) is 7.30. The molecule has 2 heterocycles. The van der Waals surface area contributed by atoms with Crippen LogP contribution < -0.4 is 5.32 Å². The van der Waals surface area contributed by atoms with E-state index in [2.05, 4.69) is 26.1 Å². The molecule has 1 amide bonds. The smallest absolute Gasteiger partial charge is 0.243 e. The van der Waals surface area contributed by atoms with Crippen molar-refractivity contribution in [2.75, 3.05) is 39.3 Å². The van der Waals surface area contributed by atoms with Crippen molar-refractivity contribution in [2.24, 2.45) is 5.92 Å². The number of nitrogens with zero attached hydrogens (tertiary/aromatic N) is 2. The molecule has 0 radical (unpaired) electrons. The van der Waals surface area contributed by atoms with Crippen LogP contribution in [0, 0.1) is 5.92 Å². The summed E-state index contributed by atoms with van der Waals surface area (Å²) in [6.07, 6.45) is 5.22. The summed E-state index contributed by atoms with van der Waals surface area (Å²) in [5.74, 6) is -0.298. The Hall–Kier alpha value is -0.960. The van der Waals surface area contributed by atoms with Crippen LogP contribution in [0.1, 0.15) is 32.1 Å². The van der Waals surface area contributed by atoms with Gasteiger partial charge in [0.25, 0.3) is 0 Å². The minimum atomic E-state index is -3.56. The molecule has 0 aromatic heterocycles. The topological polar surface area (TPSA) is 69.7 Å². The van der Waals surface area contributed by atoms with Crippen LogP contribution in [0.5, 0.6) is 0 Å². The largest absolute Gasteiger partial charge is 0.355 e. The van der Waals surface area contributed by atoms with Crippen molar-refractivity contribution < 1.29 is 13.2 Å². The molecular formula is C19H28BrN3O3S. The molecule has 2 saturated heterocycles. The number of piperidine rings is 2. The van der Waals surface area contributed by atoms with E-state index in [1.807, 2.05) is 0 Å². The maximum atomic E-state index is 12.9. The van der Waals surface area contributed by atoms with E-state index < -0.39 is 10.0 Å². The third kappa shape index (κ3) is 5.53. The summed E-state index contributed by atoms with van der Waals surface area (Å²) >= 11 is 3.32. The van der Waals surface area contributed by atoms with Gasteiger partial charge >= 0.3 is 0 Å². The molecule has 0 bridgehead atoms. The highest BCUT2D eigenvalue weighted by molar-refractivity contribution is 9.10. The van der Waals surface area contributed by atoms with E-state index in [9.17, 15) is 13.2 Å². The quantitative estimate of drug-likeness (QED) is 0.711. The maximum Gasteiger partial charge on any atom is 0.243 e. The molecule has 8 heteroatoms. The second-order valence-electron chi connectivity index (χ2n) is 7.35. The number of amides is 1. The first-order valence-electron chi connectivity index (χ1n) is 9.72. The van der Waals surface area contributed by atoms with Gasteiger partial charge < -0.3 is 10.2 Å². The number of rotatable bonds is 6. The number of hydrogen-bond donors (Lipinski definition) is 1. The number of likely N-dealkylation sites (tertiary alicyclic amines) is 1. The van der Waals surface area contributed by atoms with Crippen molar-refractivity contribution in [2.45, 2.75) is 37.0 Å². The number of carbonyl (C=O) groups is 1. The van der Waals surface area contributed by atoms with E-state index in [0.717, 1.165) is 30.5 Å². The van der Waals surface area contributed by atoms with Gasteiger partial charge in [0.2, 0.25) is 15.9 Å². The van der Waals surface area contributed by atoms with Gasteiger partial charge in [0.1, 0.15) is 0 Å². The van der Waals surface area contributed by atoms with E-state index in [-0.39, 0.29) is 23.3 Å². The van der Waals surface area contributed by atoms with E-state index in [1.165, 1.54) is 23.6 Å². The summed E-state index contributed by atoms with van der Waals surface area (Å²) in [5, 5.41) is 3.01. The number of carbonyl (C=O) groups excluding carboxylic acids is 1. The molecule has 2 aliphatic rings. The Morgan fingerprint density at radius 1 is 1.07 bits per heavy atom. The van der Waals surface area contributed by atoms with E-state index in [1.54, 1.807) is 24.3 Å². The second-order valence-corrected chi connectivity index (χ2v) is 10.2. The fraction of sp³-hybridized carbons (Fsp3) is 0.632. The van der Waals surface area contributed by atoms with Crippen LogP contribution in [0.3, 0.4) is 0 Å². The summed E-state index contributed by atoms with van der Waals surface area (Å²) < 4.78 is 28.0. The third-order valence-corrected chi connectivity index (χ3v) is 7.79. The van der Waals surface area contributed by atoms with Crippen LogP contribution >= 0.6 is 15.9 Å². The van der Waals surface area contributed by atoms with Gasteiger partial charge in [-0.25, -0.2) is 8.42 Å². The Bertz CT molecular complexity index is 733. The summed E-state index contributed by atoms with van der Waals surface area (Å²) in [7, 11) is -3.56. The Labute approximate surface area is 170 Å². The number of hydrogen-bond acceptors (Lipinski definition) is 4. The van der Waals surface area contributed by atoms with Crippen molar-refractivity contribution >= 4 is 31.9 Å². The highest BCUT2D eigenvalue weighted by Crippen LogP contribution is 2.25. The molecule has 1 atom stereocenters. The molecule has 0 spiro atoms. The molecule has 150 valence electrons. The Balaban J connectivity index is 1.53. The zero-order valence-corrected chi connectivity index (χ0v) is 18.0. The average Bonchev–Trinajstić information content (AvgIpc) is 2.69. The van der Waals surface area contributed by atoms with Crippen molar-refractivity contribution in [1.82, 2.24) is 14.5 Å². The van der Waals surface area contributed by atoms with Gasteiger partial charge in [-0.05, 0) is 63.0 Å². The minimum absolute atomic E-state index is 0.0253. The van der Waals surface area contributed by atoms with Gasteiger partial charge in [-0.15, -0.1) is 0 Å². The molecule has 3 rings (SSSR count). The molecule has 1 aromatic rings. The normalized spacial score (nSPS) is 22.5. The standard InChI is InChI=1S/C19H28BrN3O3S/c20-17-6-8-18(9-7-17)27(25,26)23-13-4-5-16(15-23)19(24)21-10-14-22-11-2-1-3-12-22/h6-9,16H,1-5,10-15H2,(H,21,24). The fourth-order valence-electron chi connectivity index (χ4n) is 3.79. The molecule has 0 saturated carbocycles. The highest BCUT2D eigenvalue weighted by Gasteiger charge is 2.33. The predicted molar refractivity (Wildman–Crippen MR) is 109 cm³/mol. The molecule has 1 aromatic carbocycles. The molecular weight excluding hydrogens is 430 g/mol. The zero-order chi connectivity index (χ0) is 19.3. The lowest BCUT2D eigenvalue weighted by Crippen LogP contribution is -2.46. The van der Waals surface area contributed by atoms with Crippen LogP contribution in [0.4, 0.5) is 0 Å². The fourth-order valence-corrected chi connectivity index (χ4v) is 5.58. The van der Waals surface area contributed by atoms with E-state index in [0.29, 0.717) is 19.5 Å². The number of nitrogens with one attached hydrogen (secondary N) is 1. The van der Waals surface area contributed by atoms with Crippen LogP contribution in [0.15, 0.2) is 33.6 Å². The molecule has 27 heavy (non-hydrogen) atoms. The van der Waals surface area contributed by atoms with Crippen LogP contribution in [-0.2, 0) is 14.8 Å². The summed E-state index contributed by atoms with van der Waals surface area (Å²) in [6, 6.07) is 6.65. The lowest BCUT2D eigenvalue weighted by atomic mass is 9.99. The molecule has 2 aliphatic heterocycles. The van der Waals surface area contributed by atoms with Gasteiger partial charge in [-0.1, -0.05) is 22.4 Å². The number of sulfonamides is 1. The number of benzene rings is 1. The van der Waals surface area contributed by atoms with Crippen molar-refractivity contribution in [1.29, 1.82) is 0 Å². The van der Waals surface area contributed by atoms with Crippen molar-refractivity contribution in [3.05, 3.63) is 28.7 Å². The van der Waals surface area contributed by atoms with Gasteiger partial charge in [0.15, 0.2) is 0 Å². The molecule has 6 nitrogen and oxygen atoms in total. The third-order valence-electron chi connectivity index (χ3n) is 5.38. The summed E-state index contributed by atoms with van der Waals surface area (Å²) in [4.78, 5) is 15.2. The van der Waals surface area contributed by atoms with Crippen molar-refractivity contribution in [3.63, 3.8) is 0 Å². The molecule has 0 aliphatic carbocycles. The Morgan fingerprint density at radius 3 is 2.48 bits per heavy atom. The maximum absolute atomic E-state index is 12.9. The first-order valence-corrected chi connectivity index (χ1v) is 12.0. The van der Waals surface area contributed by atoms with Gasteiger partial charge in [0.05, 0.1) is 10.8 Å². The monoisotopic (exact) mass is 457 g/mol. The average molecular weight is 458 g/mol. The first-order chi connectivity index (χ1) is 13.0. The van der Waals surface area contributed by atoms with Gasteiger partial charge in [-0.3, -0.25) is 4.79 Å². The predicted octanol–water partition coefficient (Wildman–Crippen LogP) is 2.45. The van der Waals surface area contributed by atoms with E-state index >= 15 is 0 Å². The summed E-state index contributed by atoms with van der Waals surface area (Å²) in [6.45, 7) is 4.45. The molecule has 1 N–H and O–H groups in total. The lowest BCUT2D eigenvalue weighted by molar-refractivity contribution is -0.126. The van der Waals surface area contributed by atoms with Gasteiger partial charge in [0, 0.05) is 30.7 Å². The highest BCUT2D eigenvalue weighted by atomic mass is 79.9. The molecule has 2 fully saturated rings. The SMILES string of the molecule is O=C(NCCN1CCCCC1)C1CCCN(S(=O)(=O)c2ccc(Br)cc2)C1. The Morgan fingerprint density at radius 2 is 1.78 bits per heavy atom. The van der Waals surface area contributed by atoms with Crippen LogP contribution in [-0.4, -0.2) is 62.8 Å². The lowest BCUT2D eigenvalue weighted by Gasteiger charge is -2.31. The zero-order valence-electron chi connectivity index (χ0n) is 15.6. The van der Waals surface area contributed by atoms with Crippen LogP contribution in [0.2, 0.25) is 0 Å². The number of halogens is 1. The second kappa shape index (κ2) is 9.49. The van der Waals surface area contributed by atoms with E-state index in [4.69, 9.17) is 0 Å². The molecule has 1 unspecified atom stereocenters. The van der Waals surface area contributed by atoms with Crippen molar-refractivity contribution in [3.8, 4) is 0 Å².